The van der Waals surface area contributed by atoms with Gasteiger partial charge in [0.05, 0.1) is 14.2 Å². The minimum atomic E-state index is -0.718. The van der Waals surface area contributed by atoms with Crippen molar-refractivity contribution >= 4 is 8.81 Å². The minimum Gasteiger partial charge on any atom is -0.297 e. The van der Waals surface area contributed by atoms with Gasteiger partial charge >= 0.3 is 0 Å². The first-order chi connectivity index (χ1) is 12.2. The van der Waals surface area contributed by atoms with E-state index < -0.39 is 10.5 Å². The van der Waals surface area contributed by atoms with Gasteiger partial charge in [0.2, 0.25) is 0 Å². The van der Waals surface area contributed by atoms with E-state index >= 15 is 0 Å². The standard InChI is InChI=1S/C20H18NO3P/c22-21(23)24-25-16-20(17-10-4-1-5-11-17,18-12-6-2-7-13-18)19-14-8-3-9-15-19/h1-15,25H,16H2. The molecular formula is C20H18NO3P. The van der Waals surface area contributed by atoms with E-state index in [1.165, 1.54) is 0 Å². The molecule has 3 aromatic rings. The van der Waals surface area contributed by atoms with Gasteiger partial charge in [-0.05, 0) is 16.7 Å². The molecule has 126 valence electrons. The molecule has 0 N–H and O–H groups in total. The van der Waals surface area contributed by atoms with Crippen molar-refractivity contribution in [3.63, 3.8) is 0 Å². The zero-order valence-electron chi connectivity index (χ0n) is 13.5. The Balaban J connectivity index is 2.18. The molecule has 0 aromatic heterocycles. The van der Waals surface area contributed by atoms with Crippen molar-refractivity contribution in [3.05, 3.63) is 118 Å². The lowest BCUT2D eigenvalue weighted by molar-refractivity contribution is -0.710. The molecule has 0 aliphatic rings. The van der Waals surface area contributed by atoms with Crippen LogP contribution in [0, 0.1) is 10.1 Å². The molecule has 0 aliphatic carbocycles. The minimum absolute atomic E-state index is 0.259. The molecule has 0 radical (unpaired) electrons. The smallest absolute Gasteiger partial charge is 0.297 e. The van der Waals surface area contributed by atoms with Crippen molar-refractivity contribution in [2.24, 2.45) is 0 Å². The van der Waals surface area contributed by atoms with Crippen LogP contribution < -0.4 is 0 Å². The molecule has 5 heteroatoms. The molecule has 0 aliphatic heterocycles. The highest BCUT2D eigenvalue weighted by Crippen LogP contribution is 2.43. The summed E-state index contributed by atoms with van der Waals surface area (Å²) in [5.74, 6) is 0. The normalized spacial score (nSPS) is 11.5. The van der Waals surface area contributed by atoms with Crippen LogP contribution in [0.4, 0.5) is 0 Å². The Morgan fingerprint density at radius 1 is 0.760 bits per heavy atom. The van der Waals surface area contributed by atoms with E-state index in [1.807, 2.05) is 54.6 Å². The first-order valence-electron chi connectivity index (χ1n) is 7.94. The van der Waals surface area contributed by atoms with Crippen LogP contribution in [0.15, 0.2) is 91.0 Å². The monoisotopic (exact) mass is 351 g/mol. The van der Waals surface area contributed by atoms with Gasteiger partial charge < -0.3 is 0 Å². The molecular weight excluding hydrogens is 333 g/mol. The molecule has 25 heavy (non-hydrogen) atoms. The molecule has 0 amide bonds. The SMILES string of the molecule is O=[N+]([O-])OPCC(c1ccccc1)(c1ccccc1)c1ccccc1. The highest BCUT2D eigenvalue weighted by atomic mass is 31.1. The molecule has 1 unspecified atom stereocenters. The zero-order chi connectivity index (χ0) is 17.5. The maximum atomic E-state index is 10.7. The van der Waals surface area contributed by atoms with Crippen LogP contribution in [0.2, 0.25) is 0 Å². The average molecular weight is 351 g/mol. The van der Waals surface area contributed by atoms with E-state index in [2.05, 4.69) is 36.4 Å². The Bertz CT molecular complexity index is 713. The summed E-state index contributed by atoms with van der Waals surface area (Å²) in [7, 11) is -0.259. The Hall–Kier alpha value is -2.71. The van der Waals surface area contributed by atoms with Gasteiger partial charge in [0, 0.05) is 6.16 Å². The topological polar surface area (TPSA) is 52.4 Å². The largest absolute Gasteiger partial charge is 0.297 e. The van der Waals surface area contributed by atoms with E-state index in [1.54, 1.807) is 0 Å². The summed E-state index contributed by atoms with van der Waals surface area (Å²) in [6.07, 6.45) is 0.492. The van der Waals surface area contributed by atoms with Crippen molar-refractivity contribution < 1.29 is 9.71 Å². The molecule has 0 fully saturated rings. The molecule has 4 nitrogen and oxygen atoms in total. The van der Waals surface area contributed by atoms with Crippen molar-refractivity contribution in [2.75, 3.05) is 6.16 Å². The fourth-order valence-corrected chi connectivity index (χ4v) is 4.17. The molecule has 0 saturated heterocycles. The number of hydrogen-bond donors (Lipinski definition) is 0. The number of nitrogens with zero attached hydrogens (tertiary/aromatic N) is 1. The van der Waals surface area contributed by atoms with E-state index in [0.717, 1.165) is 16.7 Å². The van der Waals surface area contributed by atoms with Gasteiger partial charge in [-0.2, -0.15) is 0 Å². The second-order valence-electron chi connectivity index (χ2n) is 5.64. The fraction of sp³-hybridized carbons (Fsp3) is 0.100. The molecule has 3 aromatic carbocycles. The second kappa shape index (κ2) is 7.91. The Labute approximate surface area is 148 Å². The van der Waals surface area contributed by atoms with E-state index in [4.69, 9.17) is 4.62 Å². The van der Waals surface area contributed by atoms with Gasteiger partial charge in [-0.25, -0.2) is 0 Å². The van der Waals surface area contributed by atoms with Crippen LogP contribution >= 0.6 is 8.81 Å². The summed E-state index contributed by atoms with van der Waals surface area (Å²) in [6.45, 7) is 0. The maximum Gasteiger partial charge on any atom is 0.297 e. The predicted molar refractivity (Wildman–Crippen MR) is 100 cm³/mol. The third-order valence-electron chi connectivity index (χ3n) is 4.28. The molecule has 0 bridgehead atoms. The van der Waals surface area contributed by atoms with Crippen LogP contribution in [-0.2, 0) is 10.0 Å². The summed E-state index contributed by atoms with van der Waals surface area (Å²) >= 11 is 0. The fourth-order valence-electron chi connectivity index (χ4n) is 3.17. The first-order valence-corrected chi connectivity index (χ1v) is 9.06. The van der Waals surface area contributed by atoms with Gasteiger partial charge in [-0.3, -0.25) is 4.62 Å². The van der Waals surface area contributed by atoms with E-state index in [-0.39, 0.29) is 8.81 Å². The zero-order valence-corrected chi connectivity index (χ0v) is 14.5. The molecule has 0 heterocycles. The summed E-state index contributed by atoms with van der Waals surface area (Å²) in [5.41, 5.74) is 2.77. The van der Waals surface area contributed by atoms with Crippen LogP contribution in [0.5, 0.6) is 0 Å². The van der Waals surface area contributed by atoms with Crippen molar-refractivity contribution in [2.45, 2.75) is 5.41 Å². The lowest BCUT2D eigenvalue weighted by Gasteiger charge is -2.35. The Morgan fingerprint density at radius 3 is 1.44 bits per heavy atom. The first kappa shape index (κ1) is 17.1. The highest BCUT2D eigenvalue weighted by Gasteiger charge is 2.36. The molecule has 3 rings (SSSR count). The predicted octanol–water partition coefficient (Wildman–Crippen LogP) is 4.82. The van der Waals surface area contributed by atoms with Crippen LogP contribution in [0.1, 0.15) is 16.7 Å². The molecule has 0 spiro atoms. The summed E-state index contributed by atoms with van der Waals surface area (Å²) < 4.78 is 4.71. The third kappa shape index (κ3) is 3.70. The van der Waals surface area contributed by atoms with Crippen LogP contribution in [-0.4, -0.2) is 11.2 Å². The average Bonchev–Trinajstić information content (AvgIpc) is 2.67. The lowest BCUT2D eigenvalue weighted by atomic mass is 9.71. The van der Waals surface area contributed by atoms with Crippen LogP contribution in [0.3, 0.4) is 0 Å². The van der Waals surface area contributed by atoms with E-state index in [0.29, 0.717) is 6.16 Å². The Kier molecular flexibility index (Phi) is 5.42. The Morgan fingerprint density at radius 2 is 1.12 bits per heavy atom. The third-order valence-corrected chi connectivity index (χ3v) is 5.23. The number of rotatable bonds is 7. The second-order valence-corrected chi connectivity index (χ2v) is 6.46. The van der Waals surface area contributed by atoms with Gasteiger partial charge in [0.15, 0.2) is 0 Å². The number of benzene rings is 3. The molecule has 1 atom stereocenters. The summed E-state index contributed by atoms with van der Waals surface area (Å²) in [5, 5.41) is 9.97. The van der Waals surface area contributed by atoms with Gasteiger partial charge in [-0.15, -0.1) is 10.1 Å². The van der Waals surface area contributed by atoms with Gasteiger partial charge in [-0.1, -0.05) is 91.0 Å². The van der Waals surface area contributed by atoms with Crippen LogP contribution in [0.25, 0.3) is 0 Å². The lowest BCUT2D eigenvalue weighted by Crippen LogP contribution is -2.32. The maximum absolute atomic E-state index is 10.7. The van der Waals surface area contributed by atoms with Gasteiger partial charge in [0.1, 0.15) is 0 Å². The van der Waals surface area contributed by atoms with Crippen molar-refractivity contribution in [3.8, 4) is 0 Å². The summed E-state index contributed by atoms with van der Waals surface area (Å²) in [6, 6.07) is 30.3. The highest BCUT2D eigenvalue weighted by molar-refractivity contribution is 7.32. The van der Waals surface area contributed by atoms with Crippen molar-refractivity contribution in [1.29, 1.82) is 0 Å². The van der Waals surface area contributed by atoms with E-state index in [9.17, 15) is 10.1 Å². The quantitative estimate of drug-likeness (QED) is 0.265. The summed E-state index contributed by atoms with van der Waals surface area (Å²) in [4.78, 5) is 10.7. The van der Waals surface area contributed by atoms with Gasteiger partial charge in [0.25, 0.3) is 5.09 Å². The molecule has 0 saturated carbocycles. The van der Waals surface area contributed by atoms with Crippen molar-refractivity contribution in [1.82, 2.24) is 0 Å². The number of hydrogen-bond acceptors (Lipinski definition) is 3.